The van der Waals surface area contributed by atoms with Crippen molar-refractivity contribution in [3.05, 3.63) is 64.9 Å². The second-order valence-corrected chi connectivity index (χ2v) is 11.5. The molecule has 1 saturated heterocycles. The highest BCUT2D eigenvalue weighted by Gasteiger charge is 2.67. The van der Waals surface area contributed by atoms with Crippen LogP contribution in [0.3, 0.4) is 0 Å². The average molecular weight is 618 g/mol. The van der Waals surface area contributed by atoms with E-state index in [-0.39, 0.29) is 41.3 Å². The molecule has 3 atom stereocenters. The van der Waals surface area contributed by atoms with Gasteiger partial charge in [-0.1, -0.05) is 12.1 Å². The topological polar surface area (TPSA) is 132 Å². The molecule has 2 aliphatic rings. The molecule has 41 heavy (non-hydrogen) atoms. The van der Waals surface area contributed by atoms with Crippen LogP contribution in [0.1, 0.15) is 36.1 Å². The number of anilines is 1. The van der Waals surface area contributed by atoms with E-state index in [4.69, 9.17) is 4.74 Å². The summed E-state index contributed by atoms with van der Waals surface area (Å²) < 4.78 is 7.61. The fourth-order valence-electron chi connectivity index (χ4n) is 5.89. The summed E-state index contributed by atoms with van der Waals surface area (Å²) in [5.74, 6) is 0.309. The van der Waals surface area contributed by atoms with E-state index in [9.17, 15) is 14.4 Å². The van der Waals surface area contributed by atoms with E-state index in [0.29, 0.717) is 40.2 Å². The third-order valence-electron chi connectivity index (χ3n) is 7.89. The number of Topliss-reactive ketones (excluding diaryl/α,β-unsaturated/α-hetero) is 1. The first-order chi connectivity index (χ1) is 19.7. The van der Waals surface area contributed by atoms with E-state index < -0.39 is 6.04 Å². The van der Waals surface area contributed by atoms with Crippen molar-refractivity contribution in [3.63, 3.8) is 0 Å². The number of aromatic nitrogens is 5. The largest absolute Gasteiger partial charge is 0.384 e. The number of carbonyl (C=O) groups excluding carboxylic acids is 3. The van der Waals surface area contributed by atoms with E-state index in [2.05, 4.69) is 41.3 Å². The van der Waals surface area contributed by atoms with Crippen LogP contribution in [0, 0.1) is 12.3 Å². The fourth-order valence-corrected chi connectivity index (χ4v) is 6.23. The van der Waals surface area contributed by atoms with Gasteiger partial charge in [-0.05, 0) is 65.5 Å². The maximum Gasteiger partial charge on any atom is 0.248 e. The predicted octanol–water partition coefficient (Wildman–Crippen LogP) is 3.81. The number of piperidine rings is 1. The average Bonchev–Trinajstić information content (AvgIpc) is 3.35. The number of hydrogen-bond acceptors (Lipinski definition) is 8. The van der Waals surface area contributed by atoms with Crippen LogP contribution in [0.5, 0.6) is 0 Å². The van der Waals surface area contributed by atoms with E-state index in [1.165, 1.54) is 6.92 Å². The number of methoxy groups -OCH3 is 1. The second-order valence-electron chi connectivity index (χ2n) is 10.7. The highest BCUT2D eigenvalue weighted by Crippen LogP contribution is 2.59. The Hall–Kier alpha value is -4.03. The molecule has 1 saturated carbocycles. The van der Waals surface area contributed by atoms with Gasteiger partial charge in [-0.15, -0.1) is 0 Å². The smallest absolute Gasteiger partial charge is 0.248 e. The zero-order valence-corrected chi connectivity index (χ0v) is 24.4. The van der Waals surface area contributed by atoms with Crippen molar-refractivity contribution >= 4 is 50.2 Å². The molecule has 210 valence electrons. The number of rotatable bonds is 8. The van der Waals surface area contributed by atoms with Gasteiger partial charge >= 0.3 is 0 Å². The Morgan fingerprint density at radius 3 is 2.61 bits per heavy atom. The molecule has 4 heterocycles. The Balaban J connectivity index is 1.30. The summed E-state index contributed by atoms with van der Waals surface area (Å²) in [4.78, 5) is 54.4. The molecule has 12 heteroatoms. The third-order valence-corrected chi connectivity index (χ3v) is 8.33. The van der Waals surface area contributed by atoms with Crippen molar-refractivity contribution in [2.75, 3.05) is 19.0 Å². The molecule has 3 aromatic heterocycles. The number of likely N-dealkylation sites (tertiary alicyclic amines) is 1. The minimum atomic E-state index is -0.681. The summed E-state index contributed by atoms with van der Waals surface area (Å²) in [6.45, 7) is 3.62. The molecule has 1 unspecified atom stereocenters. The Morgan fingerprint density at radius 2 is 1.90 bits per heavy atom. The Labute approximate surface area is 244 Å². The molecule has 11 nitrogen and oxygen atoms in total. The Morgan fingerprint density at radius 1 is 1.12 bits per heavy atom. The number of aryl methyl sites for hydroxylation is 1. The number of carbonyl (C=O) groups is 3. The number of ketones is 1. The molecule has 0 spiro atoms. The SMILES string of the molecule is COCC12C[C@@H](C(=O)Nc3cccc(Br)n3)N(C(=O)Cn3nc(C(C)=O)c4cc(-c5cnc(C)nc5)ccc43)[C@@H]1C2. The first-order valence-electron chi connectivity index (χ1n) is 13.2. The predicted molar refractivity (Wildman–Crippen MR) is 154 cm³/mol. The van der Waals surface area contributed by atoms with E-state index in [1.54, 1.807) is 47.3 Å². The van der Waals surface area contributed by atoms with Crippen LogP contribution < -0.4 is 5.32 Å². The number of amides is 2. The zero-order chi connectivity index (χ0) is 28.9. The summed E-state index contributed by atoms with van der Waals surface area (Å²) in [5.41, 5.74) is 2.33. The molecule has 1 aliphatic carbocycles. The van der Waals surface area contributed by atoms with Gasteiger partial charge in [0, 0.05) is 48.8 Å². The van der Waals surface area contributed by atoms with Crippen LogP contribution in [0.25, 0.3) is 22.0 Å². The normalized spacial score (nSPS) is 21.1. The third kappa shape index (κ3) is 5.02. The Bertz CT molecular complexity index is 1690. The Kier molecular flexibility index (Phi) is 6.90. The monoisotopic (exact) mass is 617 g/mol. The standard InChI is InChI=1S/C29H28BrN7O4/c1-16(38)27-20-9-18(19-12-31-17(2)32-13-19)7-8-21(20)36(35-27)14-26(39)37-22(10-29(15-41-3)11-23(29)37)28(40)34-25-6-4-5-24(30)33-25/h4-9,12-13,22-23H,10-11,14-15H2,1-3H3,(H,33,34,40)/t22-,23+,29?/m0/s1. The molecule has 2 fully saturated rings. The number of benzene rings is 1. The molecule has 6 rings (SSSR count). The lowest BCUT2D eigenvalue weighted by Gasteiger charge is -2.26. The minimum Gasteiger partial charge on any atom is -0.384 e. The molecule has 1 aromatic carbocycles. The molecule has 2 amide bonds. The van der Waals surface area contributed by atoms with Crippen LogP contribution in [0.4, 0.5) is 5.82 Å². The molecule has 1 N–H and O–H groups in total. The van der Waals surface area contributed by atoms with Crippen molar-refractivity contribution in [1.82, 2.24) is 29.6 Å². The highest BCUT2D eigenvalue weighted by molar-refractivity contribution is 9.10. The summed E-state index contributed by atoms with van der Waals surface area (Å²) in [7, 11) is 1.63. The molecular weight excluding hydrogens is 590 g/mol. The molecule has 1 aliphatic heterocycles. The van der Waals surface area contributed by atoms with Gasteiger partial charge in [0.2, 0.25) is 11.8 Å². The quantitative estimate of drug-likeness (QED) is 0.233. The van der Waals surface area contributed by atoms with E-state index in [1.807, 2.05) is 25.1 Å². The maximum absolute atomic E-state index is 13.9. The number of hydrogen-bond donors (Lipinski definition) is 1. The summed E-state index contributed by atoms with van der Waals surface area (Å²) in [5, 5.41) is 8.03. The van der Waals surface area contributed by atoms with Crippen LogP contribution in [-0.2, 0) is 20.9 Å². The lowest BCUT2D eigenvalue weighted by atomic mass is 10.00. The molecule has 0 bridgehead atoms. The van der Waals surface area contributed by atoms with Crippen molar-refractivity contribution in [1.29, 1.82) is 0 Å². The van der Waals surface area contributed by atoms with Gasteiger partial charge in [0.1, 0.15) is 34.5 Å². The molecule has 0 radical (unpaired) electrons. The minimum absolute atomic E-state index is 0.108. The number of halogens is 1. The summed E-state index contributed by atoms with van der Waals surface area (Å²) in [6.07, 6.45) is 4.73. The molecule has 4 aromatic rings. The van der Waals surface area contributed by atoms with Crippen molar-refractivity contribution in [3.8, 4) is 11.1 Å². The lowest BCUT2D eigenvalue weighted by molar-refractivity contribution is -0.138. The van der Waals surface area contributed by atoms with Crippen LogP contribution >= 0.6 is 15.9 Å². The van der Waals surface area contributed by atoms with E-state index >= 15 is 0 Å². The van der Waals surface area contributed by atoms with Gasteiger partial charge < -0.3 is 15.0 Å². The van der Waals surface area contributed by atoms with Crippen LogP contribution in [0.2, 0.25) is 0 Å². The van der Waals surface area contributed by atoms with Crippen LogP contribution in [-0.4, -0.2) is 73.0 Å². The number of pyridine rings is 1. The lowest BCUT2D eigenvalue weighted by Crippen LogP contribution is -2.46. The van der Waals surface area contributed by atoms with Crippen molar-refractivity contribution < 1.29 is 19.1 Å². The zero-order valence-electron chi connectivity index (χ0n) is 22.8. The van der Waals surface area contributed by atoms with Gasteiger partial charge in [0.25, 0.3) is 0 Å². The summed E-state index contributed by atoms with van der Waals surface area (Å²) >= 11 is 3.32. The van der Waals surface area contributed by atoms with E-state index in [0.717, 1.165) is 17.5 Å². The number of ether oxygens (including phenoxy) is 1. The second kappa shape index (κ2) is 10.4. The number of fused-ring (bicyclic) bond motifs is 2. The number of nitrogens with zero attached hydrogens (tertiary/aromatic N) is 6. The maximum atomic E-state index is 13.9. The van der Waals surface area contributed by atoms with Crippen LogP contribution in [0.15, 0.2) is 53.4 Å². The van der Waals surface area contributed by atoms with Crippen molar-refractivity contribution in [2.45, 2.75) is 45.3 Å². The first kappa shape index (κ1) is 27.2. The fraction of sp³-hybridized carbons (Fsp3) is 0.345. The van der Waals surface area contributed by atoms with Gasteiger partial charge in [0.15, 0.2) is 5.78 Å². The van der Waals surface area contributed by atoms with Gasteiger partial charge in [-0.2, -0.15) is 5.10 Å². The summed E-state index contributed by atoms with van der Waals surface area (Å²) in [6, 6.07) is 10.1. The first-order valence-corrected chi connectivity index (χ1v) is 14.0. The molecular formula is C29H28BrN7O4. The number of nitrogens with one attached hydrogen (secondary N) is 1. The van der Waals surface area contributed by atoms with Crippen molar-refractivity contribution in [2.24, 2.45) is 5.41 Å². The van der Waals surface area contributed by atoms with Gasteiger partial charge in [-0.3, -0.25) is 19.1 Å². The highest BCUT2D eigenvalue weighted by atomic mass is 79.9. The van der Waals surface area contributed by atoms with Gasteiger partial charge in [0.05, 0.1) is 12.1 Å². The van der Waals surface area contributed by atoms with Gasteiger partial charge in [-0.25, -0.2) is 15.0 Å².